The van der Waals surface area contributed by atoms with Gasteiger partial charge in [-0.25, -0.2) is 9.13 Å². The zero-order valence-electron chi connectivity index (χ0n) is 60.2. The Bertz CT molecular complexity index is 1930. The van der Waals surface area contributed by atoms with Crippen molar-refractivity contribution >= 4 is 39.5 Å². The van der Waals surface area contributed by atoms with Gasteiger partial charge in [0.15, 0.2) is 12.2 Å². The molecule has 0 rings (SSSR count). The van der Waals surface area contributed by atoms with E-state index in [-0.39, 0.29) is 25.7 Å². The predicted molar refractivity (Wildman–Crippen MR) is 381 cm³/mol. The highest BCUT2D eigenvalue weighted by molar-refractivity contribution is 7.47. The molecule has 19 heteroatoms. The maximum atomic E-state index is 13.1. The highest BCUT2D eigenvalue weighted by Crippen LogP contribution is 2.45. The first-order chi connectivity index (χ1) is 45.7. The molecule has 0 aliphatic heterocycles. The van der Waals surface area contributed by atoms with Gasteiger partial charge in [0.05, 0.1) is 26.4 Å². The quantitative estimate of drug-likeness (QED) is 0.0169. The molecule has 0 saturated heterocycles. The molecule has 0 spiro atoms. The molecule has 3 N–H and O–H groups in total. The van der Waals surface area contributed by atoms with Gasteiger partial charge in [-0.2, -0.15) is 0 Å². The van der Waals surface area contributed by atoms with Crippen LogP contribution in [0.2, 0.25) is 0 Å². The van der Waals surface area contributed by atoms with Crippen molar-refractivity contribution in [3.63, 3.8) is 0 Å². The lowest BCUT2D eigenvalue weighted by atomic mass is 10.0. The summed E-state index contributed by atoms with van der Waals surface area (Å²) >= 11 is 0. The van der Waals surface area contributed by atoms with Crippen LogP contribution in [0.1, 0.15) is 362 Å². The average molecular weight is 1380 g/mol. The number of carbonyl (C=O) groups excluding carboxylic acids is 4. The van der Waals surface area contributed by atoms with Gasteiger partial charge in [0.1, 0.15) is 19.3 Å². The maximum absolute atomic E-state index is 13.1. The molecule has 0 radical (unpaired) electrons. The van der Waals surface area contributed by atoms with E-state index >= 15 is 0 Å². The molecular weight excluding hydrogens is 1230 g/mol. The predicted octanol–water partition coefficient (Wildman–Crippen LogP) is 21.6. The molecule has 0 bridgehead atoms. The monoisotopic (exact) mass is 1370 g/mol. The summed E-state index contributed by atoms with van der Waals surface area (Å²) in [5.41, 5.74) is 0. The van der Waals surface area contributed by atoms with Crippen LogP contribution in [0, 0.1) is 0 Å². The number of allylic oxidation sites excluding steroid dienone is 6. The summed E-state index contributed by atoms with van der Waals surface area (Å²) in [6.07, 6.45) is 62.8. The number of unbranched alkanes of at least 4 members (excludes halogenated alkanes) is 41. The van der Waals surface area contributed by atoms with Crippen LogP contribution in [-0.4, -0.2) is 96.7 Å². The Morgan fingerprint density at radius 1 is 0.287 bits per heavy atom. The summed E-state index contributed by atoms with van der Waals surface area (Å²) in [7, 11) is -9.93. The molecular formula is C75H140O17P2. The molecule has 17 nitrogen and oxygen atoms in total. The lowest BCUT2D eigenvalue weighted by Crippen LogP contribution is -2.30. The van der Waals surface area contributed by atoms with E-state index in [0.29, 0.717) is 25.7 Å². The Labute approximate surface area is 573 Å². The lowest BCUT2D eigenvalue weighted by molar-refractivity contribution is -0.161. The van der Waals surface area contributed by atoms with Gasteiger partial charge in [0.2, 0.25) is 0 Å². The molecule has 0 fully saturated rings. The minimum absolute atomic E-state index is 0.0886. The molecule has 0 saturated carbocycles. The van der Waals surface area contributed by atoms with Crippen LogP contribution in [0.3, 0.4) is 0 Å². The van der Waals surface area contributed by atoms with Crippen molar-refractivity contribution in [3.8, 4) is 0 Å². The smallest absolute Gasteiger partial charge is 0.462 e. The van der Waals surface area contributed by atoms with Crippen molar-refractivity contribution < 1.29 is 80.2 Å². The molecule has 5 unspecified atom stereocenters. The van der Waals surface area contributed by atoms with Gasteiger partial charge < -0.3 is 33.8 Å². The van der Waals surface area contributed by atoms with Crippen molar-refractivity contribution in [1.82, 2.24) is 0 Å². The summed E-state index contributed by atoms with van der Waals surface area (Å²) in [6, 6.07) is 0. The second-order valence-corrected chi connectivity index (χ2v) is 28.9. The summed E-state index contributed by atoms with van der Waals surface area (Å²) in [4.78, 5) is 72.7. The average Bonchev–Trinajstić information content (AvgIpc) is 2.22. The second-order valence-electron chi connectivity index (χ2n) is 25.9. The van der Waals surface area contributed by atoms with Crippen molar-refractivity contribution in [3.05, 3.63) is 36.5 Å². The van der Waals surface area contributed by atoms with E-state index in [1.165, 1.54) is 141 Å². The highest BCUT2D eigenvalue weighted by atomic mass is 31.2. The molecule has 0 aliphatic rings. The highest BCUT2D eigenvalue weighted by Gasteiger charge is 2.30. The molecule has 0 aromatic carbocycles. The van der Waals surface area contributed by atoms with Gasteiger partial charge >= 0.3 is 39.5 Å². The Morgan fingerprint density at radius 3 is 0.766 bits per heavy atom. The zero-order valence-corrected chi connectivity index (χ0v) is 61.9. The van der Waals surface area contributed by atoms with Gasteiger partial charge in [-0.15, -0.1) is 0 Å². The summed E-state index contributed by atoms with van der Waals surface area (Å²) in [6.45, 7) is 4.86. The molecule has 0 amide bonds. The standard InChI is InChI=1S/C75H140O17P2/c1-5-9-13-17-21-25-29-32-34-37-40-43-47-51-55-59-72(77)85-65-70(91-74(79)61-57-53-49-45-39-28-24-20-16-12-8-4)67-89-93(81,82)87-63-69(76)64-88-94(83,84)90-68-71(92-75(80)62-58-54-50-46-42-36-31-27-23-19-15-11-7-3)66-86-73(78)60-56-52-48-44-41-38-35-33-30-26-22-18-14-10-6-2/h20,24,32-35,69-71,76H,5-19,21-23,25-31,36-68H2,1-4H3,(H,81,82)(H,83,84)/b24-20-,34-32-,35-33-. The van der Waals surface area contributed by atoms with Crippen molar-refractivity contribution in [1.29, 1.82) is 0 Å². The van der Waals surface area contributed by atoms with Crippen LogP contribution < -0.4 is 0 Å². The van der Waals surface area contributed by atoms with Crippen LogP contribution in [-0.2, 0) is 65.4 Å². The number of hydrogen-bond acceptors (Lipinski definition) is 15. The summed E-state index contributed by atoms with van der Waals surface area (Å²) in [5, 5.41) is 10.6. The van der Waals surface area contributed by atoms with Crippen LogP contribution >= 0.6 is 15.6 Å². The third-order valence-electron chi connectivity index (χ3n) is 16.6. The summed E-state index contributed by atoms with van der Waals surface area (Å²) in [5.74, 6) is -2.17. The minimum atomic E-state index is -4.96. The normalized spacial score (nSPS) is 14.2. The van der Waals surface area contributed by atoms with Crippen molar-refractivity contribution in [2.75, 3.05) is 39.6 Å². The number of esters is 4. The lowest BCUT2D eigenvalue weighted by Gasteiger charge is -2.21. The molecule has 0 heterocycles. The second kappa shape index (κ2) is 68.8. The molecule has 5 atom stereocenters. The third-order valence-corrected chi connectivity index (χ3v) is 18.5. The van der Waals surface area contributed by atoms with Gasteiger partial charge in [-0.1, -0.05) is 276 Å². The topological polar surface area (TPSA) is 237 Å². The van der Waals surface area contributed by atoms with Crippen LogP contribution in [0.15, 0.2) is 36.5 Å². The fourth-order valence-corrected chi connectivity index (χ4v) is 12.2. The van der Waals surface area contributed by atoms with Gasteiger partial charge in [0, 0.05) is 25.7 Å². The number of carbonyl (C=O) groups is 4. The maximum Gasteiger partial charge on any atom is 0.472 e. The first-order valence-electron chi connectivity index (χ1n) is 38.2. The molecule has 0 aliphatic carbocycles. The van der Waals surface area contributed by atoms with E-state index in [9.17, 15) is 43.2 Å². The van der Waals surface area contributed by atoms with E-state index in [2.05, 4.69) is 64.2 Å². The molecule has 0 aromatic rings. The van der Waals surface area contributed by atoms with Crippen molar-refractivity contribution in [2.24, 2.45) is 0 Å². The molecule has 94 heavy (non-hydrogen) atoms. The minimum Gasteiger partial charge on any atom is -0.462 e. The van der Waals surface area contributed by atoms with Crippen molar-refractivity contribution in [2.45, 2.75) is 380 Å². The van der Waals surface area contributed by atoms with E-state index in [1.807, 2.05) is 0 Å². The number of aliphatic hydroxyl groups excluding tert-OH is 1. The van der Waals surface area contributed by atoms with E-state index in [1.54, 1.807) is 0 Å². The third kappa shape index (κ3) is 67.8. The number of rotatable bonds is 73. The van der Waals surface area contributed by atoms with E-state index < -0.39 is 97.5 Å². The Balaban J connectivity index is 5.28. The Kier molecular flexibility index (Phi) is 66.8. The molecule has 0 aromatic heterocycles. The Hall–Kier alpha value is -2.72. The van der Waals surface area contributed by atoms with Crippen LogP contribution in [0.4, 0.5) is 0 Å². The first kappa shape index (κ1) is 91.3. The van der Waals surface area contributed by atoms with Gasteiger partial charge in [0.25, 0.3) is 0 Å². The van der Waals surface area contributed by atoms with Crippen LogP contribution in [0.5, 0.6) is 0 Å². The summed E-state index contributed by atoms with van der Waals surface area (Å²) < 4.78 is 68.4. The first-order valence-corrected chi connectivity index (χ1v) is 41.2. The number of phosphoric acid groups is 2. The number of hydrogen-bond donors (Lipinski definition) is 3. The largest absolute Gasteiger partial charge is 0.472 e. The zero-order chi connectivity index (χ0) is 69.0. The molecule has 552 valence electrons. The fraction of sp³-hybridized carbons (Fsp3) is 0.867. The Morgan fingerprint density at radius 2 is 0.500 bits per heavy atom. The van der Waals surface area contributed by atoms with Gasteiger partial charge in [-0.3, -0.25) is 37.3 Å². The van der Waals surface area contributed by atoms with Crippen LogP contribution in [0.25, 0.3) is 0 Å². The number of aliphatic hydroxyl groups is 1. The van der Waals surface area contributed by atoms with E-state index in [0.717, 1.165) is 141 Å². The fourth-order valence-electron chi connectivity index (χ4n) is 10.7. The SMILES string of the molecule is CCCC/C=C\CCCCCCCC(=O)OC(COC(=O)CCCCCCC/C=C\CCCCCCCC)COP(=O)(O)OCC(O)COP(=O)(O)OCC(COC(=O)CCCCCCC/C=C\CCCCCCCC)OC(=O)CCCCCCCCCCCCCCC. The number of phosphoric ester groups is 2. The van der Waals surface area contributed by atoms with Gasteiger partial charge in [-0.05, 0) is 96.3 Å². The van der Waals surface area contributed by atoms with E-state index in [4.69, 9.17) is 37.0 Å². The number of ether oxygens (including phenoxy) is 4.